The lowest BCUT2D eigenvalue weighted by molar-refractivity contribution is -0.148. The van der Waals surface area contributed by atoms with Crippen LogP contribution in [0, 0.1) is 11.8 Å². The number of phenols is 1. The molecular weight excluding hydrogens is 518 g/mol. The van der Waals surface area contributed by atoms with Crippen molar-refractivity contribution in [2.45, 2.75) is 45.3 Å². The maximum Gasteiger partial charge on any atom is 0.257 e. The summed E-state index contributed by atoms with van der Waals surface area (Å²) in [5, 5.41) is 45.6. The van der Waals surface area contributed by atoms with Crippen LogP contribution in [0.1, 0.15) is 53.5 Å². The van der Waals surface area contributed by atoms with Gasteiger partial charge in [-0.1, -0.05) is 0 Å². The van der Waals surface area contributed by atoms with Gasteiger partial charge in [-0.25, -0.2) is 0 Å². The predicted molar refractivity (Wildman–Crippen MR) is 147 cm³/mol. The van der Waals surface area contributed by atoms with Gasteiger partial charge in [0.1, 0.15) is 22.8 Å². The van der Waals surface area contributed by atoms with Gasteiger partial charge < -0.3 is 30.2 Å². The molecule has 40 heavy (non-hydrogen) atoms. The molecule has 1 aromatic rings. The first kappa shape index (κ1) is 29.3. The Morgan fingerprint density at radius 2 is 1.65 bits per heavy atom. The quantitative estimate of drug-likeness (QED) is 0.381. The molecule has 4 N–H and O–H groups in total. The number of amides is 1. The molecule has 11 heteroatoms. The number of carbonyl (C=O) groups excluding carboxylic acids is 4. The number of allylic oxidation sites excluding steroid dienone is 1. The van der Waals surface area contributed by atoms with Crippen molar-refractivity contribution < 1.29 is 39.6 Å². The van der Waals surface area contributed by atoms with Crippen LogP contribution in [0.2, 0.25) is 0 Å². The van der Waals surface area contributed by atoms with Crippen molar-refractivity contribution >= 4 is 28.9 Å². The Hall–Kier alpha value is -3.70. The van der Waals surface area contributed by atoms with E-state index in [0.29, 0.717) is 24.3 Å². The van der Waals surface area contributed by atoms with E-state index >= 15 is 0 Å². The van der Waals surface area contributed by atoms with E-state index in [1.165, 1.54) is 4.90 Å². The highest BCUT2D eigenvalue weighted by atomic mass is 16.3. The zero-order chi connectivity index (χ0) is 30.0. The number of anilines is 1. The van der Waals surface area contributed by atoms with E-state index in [9.17, 15) is 39.6 Å². The number of aromatic hydroxyl groups is 1. The Morgan fingerprint density at radius 1 is 1.05 bits per heavy atom. The molecule has 4 atom stereocenters. The number of aliphatic hydroxyl groups is 3. The fourth-order valence-corrected chi connectivity index (χ4v) is 6.64. The van der Waals surface area contributed by atoms with E-state index in [-0.39, 0.29) is 29.5 Å². The standard InChI is InChI=1S/C29H37N3O8/c1-8-32(9-2)28(39)16-12-18(30(4)5)15-10-14-11-17-22(31(6)7)25(36)19(13(3)33)26(37)29(17,40)27(38)20(14)24(35)21(15)23(16)34/h12,14,17,22,34,36,38,40H,8-11H2,1-7H3/t14-,17-,22-,29+/m0/s1. The Morgan fingerprint density at radius 3 is 2.15 bits per heavy atom. The molecule has 0 bridgehead atoms. The van der Waals surface area contributed by atoms with Gasteiger partial charge in [-0.15, -0.1) is 0 Å². The number of hydrogen-bond donors (Lipinski definition) is 4. The molecule has 0 fully saturated rings. The van der Waals surface area contributed by atoms with E-state index in [0.717, 1.165) is 6.92 Å². The number of Topliss-reactive ketones (excluding diaryl/α,β-unsaturated/α-hetero) is 3. The largest absolute Gasteiger partial charge is 0.510 e. The third-order valence-corrected chi connectivity index (χ3v) is 8.57. The molecule has 0 aromatic heterocycles. The van der Waals surface area contributed by atoms with Gasteiger partial charge in [-0.3, -0.25) is 24.1 Å². The summed E-state index contributed by atoms with van der Waals surface area (Å²) < 4.78 is 0. The third kappa shape index (κ3) is 3.94. The Balaban J connectivity index is 1.98. The minimum absolute atomic E-state index is 0.0265. The van der Waals surface area contributed by atoms with Crippen LogP contribution in [-0.2, 0) is 16.0 Å². The minimum atomic E-state index is -2.64. The van der Waals surface area contributed by atoms with E-state index in [2.05, 4.69) is 0 Å². The Labute approximate surface area is 233 Å². The van der Waals surface area contributed by atoms with Crippen molar-refractivity contribution in [3.63, 3.8) is 0 Å². The Bertz CT molecular complexity index is 1390. The zero-order valence-corrected chi connectivity index (χ0v) is 23.9. The normalized spacial score (nSPS) is 26.0. The first-order chi connectivity index (χ1) is 18.6. The summed E-state index contributed by atoms with van der Waals surface area (Å²) in [5.74, 6) is -6.87. The lowest BCUT2D eigenvalue weighted by atomic mass is 9.58. The second kappa shape index (κ2) is 10.0. The molecule has 0 saturated carbocycles. The van der Waals surface area contributed by atoms with Crippen molar-refractivity contribution in [1.29, 1.82) is 0 Å². The first-order valence-corrected chi connectivity index (χ1v) is 13.4. The highest BCUT2D eigenvalue weighted by Crippen LogP contribution is 2.53. The van der Waals surface area contributed by atoms with Crippen LogP contribution in [0.4, 0.5) is 5.69 Å². The molecule has 0 saturated heterocycles. The molecule has 3 aliphatic carbocycles. The topological polar surface area (TPSA) is 159 Å². The summed E-state index contributed by atoms with van der Waals surface area (Å²) in [6, 6.07) is 0.564. The van der Waals surface area contributed by atoms with Gasteiger partial charge in [-0.05, 0) is 65.3 Å². The summed E-state index contributed by atoms with van der Waals surface area (Å²) in [6.07, 6.45) is 0.185. The minimum Gasteiger partial charge on any atom is -0.510 e. The van der Waals surface area contributed by atoms with Crippen molar-refractivity contribution in [3.05, 3.63) is 45.4 Å². The van der Waals surface area contributed by atoms with Crippen molar-refractivity contribution in [3.8, 4) is 5.75 Å². The Kier molecular flexibility index (Phi) is 7.35. The van der Waals surface area contributed by atoms with Crippen LogP contribution < -0.4 is 4.90 Å². The molecule has 0 heterocycles. The van der Waals surface area contributed by atoms with Crippen LogP contribution in [0.25, 0.3) is 0 Å². The predicted octanol–water partition coefficient (Wildman–Crippen LogP) is 1.77. The highest BCUT2D eigenvalue weighted by Gasteiger charge is 2.63. The fourth-order valence-electron chi connectivity index (χ4n) is 6.64. The molecule has 0 aliphatic heterocycles. The zero-order valence-electron chi connectivity index (χ0n) is 23.9. The van der Waals surface area contributed by atoms with E-state index < -0.39 is 69.6 Å². The van der Waals surface area contributed by atoms with Crippen LogP contribution in [0.5, 0.6) is 5.75 Å². The maximum atomic E-state index is 14.1. The van der Waals surface area contributed by atoms with E-state index in [1.807, 2.05) is 0 Å². The van der Waals surface area contributed by atoms with Gasteiger partial charge in [0.25, 0.3) is 5.91 Å². The van der Waals surface area contributed by atoms with Crippen molar-refractivity contribution in [2.24, 2.45) is 11.8 Å². The SMILES string of the molecule is CCN(CC)C(=O)c1cc(N(C)C)c2c(c1O)C(=O)C1=C(O)[C@]3(O)C(=O)C(C(C)=O)=C(O)[C@@H](N(C)C)[C@@H]3C[C@@H]1C2. The van der Waals surface area contributed by atoms with Gasteiger partial charge in [0, 0.05) is 44.4 Å². The summed E-state index contributed by atoms with van der Waals surface area (Å²) in [6.45, 7) is 5.43. The van der Waals surface area contributed by atoms with Crippen LogP contribution >= 0.6 is 0 Å². The highest BCUT2D eigenvalue weighted by molar-refractivity contribution is 6.25. The smallest absolute Gasteiger partial charge is 0.257 e. The molecule has 0 radical (unpaired) electrons. The number of phenolic OH excluding ortho intramolecular Hbond substituents is 1. The van der Waals surface area contributed by atoms with Crippen molar-refractivity contribution in [1.82, 2.24) is 9.80 Å². The molecule has 0 unspecified atom stereocenters. The summed E-state index contributed by atoms with van der Waals surface area (Å²) in [7, 11) is 6.73. The lowest BCUT2D eigenvalue weighted by Crippen LogP contribution is -2.63. The van der Waals surface area contributed by atoms with Gasteiger partial charge in [0.2, 0.25) is 5.78 Å². The number of ketones is 3. The number of nitrogens with zero attached hydrogens (tertiary/aromatic N) is 3. The number of likely N-dealkylation sites (N-methyl/N-ethyl adjacent to an activating group) is 1. The van der Waals surface area contributed by atoms with Gasteiger partial charge >= 0.3 is 0 Å². The monoisotopic (exact) mass is 555 g/mol. The molecular formula is C29H37N3O8. The summed E-state index contributed by atoms with van der Waals surface area (Å²) in [5.41, 5.74) is -2.73. The molecule has 0 spiro atoms. The molecule has 1 aromatic carbocycles. The average Bonchev–Trinajstić information content (AvgIpc) is 2.86. The summed E-state index contributed by atoms with van der Waals surface area (Å²) in [4.78, 5) is 58.0. The van der Waals surface area contributed by atoms with Gasteiger partial charge in [0.15, 0.2) is 17.2 Å². The first-order valence-electron chi connectivity index (χ1n) is 13.4. The molecule has 216 valence electrons. The van der Waals surface area contributed by atoms with Crippen LogP contribution in [-0.4, -0.2) is 106 Å². The van der Waals surface area contributed by atoms with Crippen molar-refractivity contribution in [2.75, 3.05) is 46.2 Å². The molecule has 1 amide bonds. The molecule has 3 aliphatic rings. The number of carbonyl (C=O) groups is 4. The fraction of sp³-hybridized carbons (Fsp3) is 0.517. The molecule has 4 rings (SSSR count). The summed E-state index contributed by atoms with van der Waals surface area (Å²) >= 11 is 0. The molecule has 11 nitrogen and oxygen atoms in total. The third-order valence-electron chi connectivity index (χ3n) is 8.57. The van der Waals surface area contributed by atoms with E-state index in [4.69, 9.17) is 0 Å². The second-order valence-corrected chi connectivity index (χ2v) is 11.2. The number of benzene rings is 1. The van der Waals surface area contributed by atoms with Gasteiger partial charge in [-0.2, -0.15) is 0 Å². The second-order valence-electron chi connectivity index (χ2n) is 11.2. The number of aliphatic hydroxyl groups excluding tert-OH is 2. The number of hydrogen-bond acceptors (Lipinski definition) is 10. The lowest BCUT2D eigenvalue weighted by Gasteiger charge is -2.50. The number of fused-ring (bicyclic) bond motifs is 3. The average molecular weight is 556 g/mol. The van der Waals surface area contributed by atoms with E-state index in [1.54, 1.807) is 57.9 Å². The van der Waals surface area contributed by atoms with Crippen LogP contribution in [0.15, 0.2) is 28.7 Å². The number of rotatable bonds is 6. The van der Waals surface area contributed by atoms with Gasteiger partial charge in [0.05, 0.1) is 17.2 Å². The maximum absolute atomic E-state index is 14.1. The van der Waals surface area contributed by atoms with Crippen LogP contribution in [0.3, 0.4) is 0 Å².